The lowest BCUT2D eigenvalue weighted by atomic mass is 10.0. The van der Waals surface area contributed by atoms with E-state index in [0.717, 1.165) is 31.9 Å². The Morgan fingerprint density at radius 1 is 1.03 bits per heavy atom. The lowest BCUT2D eigenvalue weighted by Gasteiger charge is -2.33. The van der Waals surface area contributed by atoms with Crippen LogP contribution in [0.1, 0.15) is 17.2 Å². The predicted octanol–water partition coefficient (Wildman–Crippen LogP) is -0.289. The monoisotopic (exact) mass is 412 g/mol. The van der Waals surface area contributed by atoms with E-state index in [1.807, 2.05) is 31.2 Å². The average molecular weight is 413 g/mol. The highest BCUT2D eigenvalue weighted by atomic mass is 16.5. The molecule has 1 atom stereocenters. The fourth-order valence-electron chi connectivity index (χ4n) is 3.90. The lowest BCUT2D eigenvalue weighted by Crippen LogP contribution is -3.27. The molecule has 0 spiro atoms. The fraction of sp³-hybridized carbons (Fsp3) is 0.458. The normalized spacial score (nSPS) is 19.7. The summed E-state index contributed by atoms with van der Waals surface area (Å²) in [5.41, 5.74) is 3.63. The Bertz CT molecular complexity index is 797. The van der Waals surface area contributed by atoms with Crippen LogP contribution in [0.15, 0.2) is 48.5 Å². The largest absolute Gasteiger partial charge is 0.484 e. The van der Waals surface area contributed by atoms with E-state index in [1.165, 1.54) is 21.7 Å². The lowest BCUT2D eigenvalue weighted by molar-refractivity contribution is -1.02. The molecule has 0 aliphatic carbocycles. The van der Waals surface area contributed by atoms with Gasteiger partial charge < -0.3 is 24.8 Å². The Hall–Kier alpha value is -2.57. The number of amides is 1. The van der Waals surface area contributed by atoms with Gasteiger partial charge in [0.25, 0.3) is 5.91 Å². The minimum Gasteiger partial charge on any atom is -0.484 e. The van der Waals surface area contributed by atoms with E-state index in [-0.39, 0.29) is 18.6 Å². The van der Waals surface area contributed by atoms with Gasteiger partial charge in [-0.2, -0.15) is 0 Å². The Morgan fingerprint density at radius 2 is 1.67 bits per heavy atom. The summed E-state index contributed by atoms with van der Waals surface area (Å²) in [5, 5.41) is 3.11. The number of piperazine rings is 1. The SMILES string of the molecule is Cc1ccc(OCC(=O)NC[C@@H](c2ccc(N(C)C)cc2)[NH+]2CC[NH+](C)CC2)cc1. The number of ether oxygens (including phenoxy) is 1. The molecule has 6 heteroatoms. The summed E-state index contributed by atoms with van der Waals surface area (Å²) in [4.78, 5) is 17.7. The van der Waals surface area contributed by atoms with Crippen molar-refractivity contribution in [1.82, 2.24) is 5.32 Å². The van der Waals surface area contributed by atoms with Gasteiger partial charge in [0.05, 0.1) is 13.6 Å². The highest BCUT2D eigenvalue weighted by Crippen LogP contribution is 2.16. The molecule has 1 aliphatic heterocycles. The molecule has 0 saturated carbocycles. The zero-order chi connectivity index (χ0) is 21.5. The van der Waals surface area contributed by atoms with E-state index >= 15 is 0 Å². The average Bonchev–Trinajstić information content (AvgIpc) is 2.75. The summed E-state index contributed by atoms with van der Waals surface area (Å²) in [7, 11) is 6.35. The first kappa shape index (κ1) is 22.1. The van der Waals surface area contributed by atoms with E-state index in [4.69, 9.17) is 4.74 Å². The molecule has 1 fully saturated rings. The van der Waals surface area contributed by atoms with Crippen molar-refractivity contribution >= 4 is 11.6 Å². The van der Waals surface area contributed by atoms with Crippen molar-refractivity contribution in [3.05, 3.63) is 59.7 Å². The number of quaternary nitrogens is 2. The van der Waals surface area contributed by atoms with Crippen LogP contribution in [-0.4, -0.2) is 66.4 Å². The van der Waals surface area contributed by atoms with Crippen molar-refractivity contribution in [3.63, 3.8) is 0 Å². The molecule has 30 heavy (non-hydrogen) atoms. The van der Waals surface area contributed by atoms with E-state index in [9.17, 15) is 4.79 Å². The van der Waals surface area contributed by atoms with Gasteiger partial charge in [0, 0.05) is 25.3 Å². The number of carbonyl (C=O) groups excluding carboxylic acids is 1. The summed E-state index contributed by atoms with van der Waals surface area (Å²) in [6, 6.07) is 16.7. The summed E-state index contributed by atoms with van der Waals surface area (Å²) in [5.74, 6) is 0.642. The van der Waals surface area contributed by atoms with Crippen LogP contribution in [0.2, 0.25) is 0 Å². The highest BCUT2D eigenvalue weighted by molar-refractivity contribution is 5.77. The van der Waals surface area contributed by atoms with Gasteiger partial charge in [-0.3, -0.25) is 4.79 Å². The smallest absolute Gasteiger partial charge is 0.258 e. The molecular weight excluding hydrogens is 376 g/mol. The number of rotatable bonds is 8. The molecule has 1 saturated heterocycles. The van der Waals surface area contributed by atoms with Crippen LogP contribution in [0, 0.1) is 6.92 Å². The van der Waals surface area contributed by atoms with Gasteiger partial charge in [0.1, 0.15) is 38.0 Å². The van der Waals surface area contributed by atoms with Crippen molar-refractivity contribution in [3.8, 4) is 5.75 Å². The summed E-state index contributed by atoms with van der Waals surface area (Å²) in [6.07, 6.45) is 0. The molecule has 1 heterocycles. The molecule has 0 aromatic heterocycles. The number of carbonyl (C=O) groups is 1. The molecule has 2 aromatic carbocycles. The minimum absolute atomic E-state index is 0.0393. The molecule has 1 amide bonds. The Balaban J connectivity index is 1.61. The second-order valence-electron chi connectivity index (χ2n) is 8.56. The van der Waals surface area contributed by atoms with Crippen molar-refractivity contribution in [2.75, 3.05) is 65.4 Å². The molecule has 2 aromatic rings. The second kappa shape index (κ2) is 10.5. The van der Waals surface area contributed by atoms with Gasteiger partial charge in [0.2, 0.25) is 0 Å². The van der Waals surface area contributed by atoms with Crippen LogP contribution < -0.4 is 24.8 Å². The Labute approximate surface area is 180 Å². The Morgan fingerprint density at radius 3 is 2.27 bits per heavy atom. The van der Waals surface area contributed by atoms with Gasteiger partial charge in [-0.1, -0.05) is 29.8 Å². The van der Waals surface area contributed by atoms with Gasteiger partial charge in [0.15, 0.2) is 6.61 Å². The number of anilines is 1. The first-order chi connectivity index (χ1) is 14.4. The van der Waals surface area contributed by atoms with E-state index < -0.39 is 0 Å². The maximum Gasteiger partial charge on any atom is 0.258 e. The number of hydrogen-bond acceptors (Lipinski definition) is 3. The van der Waals surface area contributed by atoms with Crippen LogP contribution >= 0.6 is 0 Å². The quantitative estimate of drug-likeness (QED) is 0.559. The zero-order valence-electron chi connectivity index (χ0n) is 18.7. The molecule has 0 unspecified atom stereocenters. The molecule has 0 radical (unpaired) electrons. The topological polar surface area (TPSA) is 50.4 Å². The number of nitrogens with zero attached hydrogens (tertiary/aromatic N) is 1. The Kier molecular flexibility index (Phi) is 7.71. The van der Waals surface area contributed by atoms with E-state index in [1.54, 1.807) is 4.90 Å². The van der Waals surface area contributed by atoms with Crippen molar-refractivity contribution < 1.29 is 19.3 Å². The summed E-state index contributed by atoms with van der Waals surface area (Å²) >= 11 is 0. The minimum atomic E-state index is -0.0790. The van der Waals surface area contributed by atoms with Crippen molar-refractivity contribution in [2.45, 2.75) is 13.0 Å². The number of likely N-dealkylation sites (N-methyl/N-ethyl adjacent to an activating group) is 1. The van der Waals surface area contributed by atoms with Crippen LogP contribution in [0.25, 0.3) is 0 Å². The fourth-order valence-corrected chi connectivity index (χ4v) is 3.90. The van der Waals surface area contributed by atoms with Crippen LogP contribution in [0.3, 0.4) is 0 Å². The number of benzene rings is 2. The number of hydrogen-bond donors (Lipinski definition) is 3. The molecule has 0 bridgehead atoms. The maximum atomic E-state index is 12.4. The molecule has 162 valence electrons. The third kappa shape index (κ3) is 6.21. The first-order valence-corrected chi connectivity index (χ1v) is 10.8. The third-order valence-corrected chi connectivity index (χ3v) is 5.94. The van der Waals surface area contributed by atoms with Gasteiger partial charge in [-0.25, -0.2) is 0 Å². The third-order valence-electron chi connectivity index (χ3n) is 5.94. The van der Waals surface area contributed by atoms with Crippen molar-refractivity contribution in [1.29, 1.82) is 0 Å². The highest BCUT2D eigenvalue weighted by Gasteiger charge is 2.29. The van der Waals surface area contributed by atoms with E-state index in [0.29, 0.717) is 6.54 Å². The van der Waals surface area contributed by atoms with Crippen LogP contribution in [-0.2, 0) is 4.79 Å². The van der Waals surface area contributed by atoms with Gasteiger partial charge in [-0.05, 0) is 31.2 Å². The molecular formula is C24H36N4O2+2. The standard InChI is InChI=1S/C24H34N4O2/c1-19-5-11-22(12-6-19)30-18-24(29)25-17-23(28-15-13-27(4)14-16-28)20-7-9-21(10-8-20)26(2)3/h5-12,23H,13-18H2,1-4H3,(H,25,29)/p+2/t23-/m0/s1. The molecule has 3 rings (SSSR count). The first-order valence-electron chi connectivity index (χ1n) is 10.8. The number of aryl methyl sites for hydroxylation is 1. The second-order valence-corrected chi connectivity index (χ2v) is 8.56. The molecule has 3 N–H and O–H groups in total. The maximum absolute atomic E-state index is 12.4. The predicted molar refractivity (Wildman–Crippen MR) is 121 cm³/mol. The van der Waals surface area contributed by atoms with E-state index in [2.05, 4.69) is 55.6 Å². The number of nitrogens with one attached hydrogen (secondary N) is 3. The van der Waals surface area contributed by atoms with Gasteiger partial charge >= 0.3 is 0 Å². The zero-order valence-corrected chi connectivity index (χ0v) is 18.7. The molecule has 1 aliphatic rings. The molecule has 6 nitrogen and oxygen atoms in total. The summed E-state index contributed by atoms with van der Waals surface area (Å²) in [6.45, 7) is 7.23. The van der Waals surface area contributed by atoms with Crippen molar-refractivity contribution in [2.24, 2.45) is 0 Å². The van der Waals surface area contributed by atoms with Crippen LogP contribution in [0.4, 0.5) is 5.69 Å². The summed E-state index contributed by atoms with van der Waals surface area (Å²) < 4.78 is 5.63. The van der Waals surface area contributed by atoms with Crippen LogP contribution in [0.5, 0.6) is 5.75 Å². The van der Waals surface area contributed by atoms with Gasteiger partial charge in [-0.15, -0.1) is 0 Å².